The molecule has 0 saturated carbocycles. The average Bonchev–Trinajstić information content (AvgIpc) is 2.74. The molecule has 0 aliphatic rings. The second-order valence-corrected chi connectivity index (χ2v) is 6.93. The van der Waals surface area contributed by atoms with Crippen molar-refractivity contribution in [2.75, 3.05) is 0 Å². The van der Waals surface area contributed by atoms with Gasteiger partial charge in [-0.15, -0.1) is 0 Å². The van der Waals surface area contributed by atoms with E-state index in [2.05, 4.69) is 0 Å². The second kappa shape index (κ2) is 8.70. The Morgan fingerprint density at radius 2 is 0.862 bits per heavy atom. The standard InChI is InChI=1S/C26H20F2O/c27-25-7-3-1-5-21(25)17-19-9-13-23(14-10-19)29-24-15-11-20(12-16-24)18-22-6-2-4-8-26(22)28/h1-16H,17-18H2. The van der Waals surface area contributed by atoms with Gasteiger partial charge in [-0.2, -0.15) is 0 Å². The third kappa shape index (κ3) is 4.88. The van der Waals surface area contributed by atoms with Crippen molar-refractivity contribution in [3.05, 3.63) is 131 Å². The molecule has 0 aliphatic heterocycles. The fourth-order valence-corrected chi connectivity index (χ4v) is 3.21. The Hall–Kier alpha value is -3.46. The van der Waals surface area contributed by atoms with Crippen molar-refractivity contribution < 1.29 is 13.5 Å². The molecular weight excluding hydrogens is 366 g/mol. The van der Waals surface area contributed by atoms with E-state index in [1.54, 1.807) is 24.3 Å². The largest absolute Gasteiger partial charge is 0.457 e. The van der Waals surface area contributed by atoms with E-state index < -0.39 is 0 Å². The molecular formula is C26H20F2O. The molecule has 0 saturated heterocycles. The minimum Gasteiger partial charge on any atom is -0.457 e. The summed E-state index contributed by atoms with van der Waals surface area (Å²) in [6, 6.07) is 28.9. The molecule has 1 nitrogen and oxygen atoms in total. The first-order valence-electron chi connectivity index (χ1n) is 9.50. The fourth-order valence-electron chi connectivity index (χ4n) is 3.21. The van der Waals surface area contributed by atoms with Crippen LogP contribution in [0.15, 0.2) is 97.1 Å². The van der Waals surface area contributed by atoms with Crippen LogP contribution >= 0.6 is 0 Å². The van der Waals surface area contributed by atoms with Crippen LogP contribution in [-0.4, -0.2) is 0 Å². The lowest BCUT2D eigenvalue weighted by Crippen LogP contribution is -1.93. The zero-order chi connectivity index (χ0) is 20.1. The summed E-state index contributed by atoms with van der Waals surface area (Å²) < 4.78 is 33.5. The van der Waals surface area contributed by atoms with Crippen molar-refractivity contribution in [1.82, 2.24) is 0 Å². The highest BCUT2D eigenvalue weighted by Crippen LogP contribution is 2.24. The number of benzene rings is 4. The topological polar surface area (TPSA) is 9.23 Å². The Morgan fingerprint density at radius 3 is 1.24 bits per heavy atom. The van der Waals surface area contributed by atoms with Crippen LogP contribution in [0.25, 0.3) is 0 Å². The van der Waals surface area contributed by atoms with Crippen molar-refractivity contribution in [3.8, 4) is 11.5 Å². The summed E-state index contributed by atoms with van der Waals surface area (Å²) in [6.45, 7) is 0. The monoisotopic (exact) mass is 386 g/mol. The van der Waals surface area contributed by atoms with Gasteiger partial charge in [0, 0.05) is 12.8 Å². The van der Waals surface area contributed by atoms with Gasteiger partial charge in [0.15, 0.2) is 0 Å². The Kier molecular flexibility index (Phi) is 5.66. The van der Waals surface area contributed by atoms with Gasteiger partial charge in [-0.3, -0.25) is 0 Å². The smallest absolute Gasteiger partial charge is 0.127 e. The molecule has 0 unspecified atom stereocenters. The second-order valence-electron chi connectivity index (χ2n) is 6.93. The molecule has 0 aromatic heterocycles. The summed E-state index contributed by atoms with van der Waals surface area (Å²) in [6.07, 6.45) is 1.08. The van der Waals surface area contributed by atoms with Crippen LogP contribution in [0.5, 0.6) is 11.5 Å². The van der Waals surface area contributed by atoms with E-state index >= 15 is 0 Å². The third-order valence-electron chi connectivity index (χ3n) is 4.79. The van der Waals surface area contributed by atoms with Gasteiger partial charge in [-0.1, -0.05) is 60.7 Å². The van der Waals surface area contributed by atoms with E-state index in [0.717, 1.165) is 11.1 Å². The van der Waals surface area contributed by atoms with Crippen molar-refractivity contribution in [2.24, 2.45) is 0 Å². The number of rotatable bonds is 6. The van der Waals surface area contributed by atoms with Crippen LogP contribution in [0.2, 0.25) is 0 Å². The summed E-state index contributed by atoms with van der Waals surface area (Å²) in [4.78, 5) is 0. The van der Waals surface area contributed by atoms with E-state index in [4.69, 9.17) is 4.74 Å². The zero-order valence-electron chi connectivity index (χ0n) is 15.8. The Labute approximate surface area is 169 Å². The number of hydrogen-bond donors (Lipinski definition) is 0. The van der Waals surface area contributed by atoms with Gasteiger partial charge in [-0.25, -0.2) is 8.78 Å². The number of hydrogen-bond acceptors (Lipinski definition) is 1. The highest BCUT2D eigenvalue weighted by atomic mass is 19.1. The first-order chi connectivity index (χ1) is 14.2. The van der Waals surface area contributed by atoms with Crippen molar-refractivity contribution in [3.63, 3.8) is 0 Å². The molecule has 4 aromatic carbocycles. The summed E-state index contributed by atoms with van der Waals surface area (Å²) in [5, 5.41) is 0. The first kappa shape index (κ1) is 18.9. The van der Waals surface area contributed by atoms with E-state index in [9.17, 15) is 8.78 Å². The molecule has 0 atom stereocenters. The fraction of sp³-hybridized carbons (Fsp3) is 0.0769. The minimum absolute atomic E-state index is 0.191. The van der Waals surface area contributed by atoms with Crippen molar-refractivity contribution in [1.29, 1.82) is 0 Å². The van der Waals surface area contributed by atoms with E-state index in [1.165, 1.54) is 12.1 Å². The Bertz CT molecular complexity index is 997. The highest BCUT2D eigenvalue weighted by molar-refractivity contribution is 5.37. The minimum atomic E-state index is -0.191. The van der Waals surface area contributed by atoms with Gasteiger partial charge >= 0.3 is 0 Å². The van der Waals surface area contributed by atoms with E-state index in [0.29, 0.717) is 35.5 Å². The van der Waals surface area contributed by atoms with Crippen LogP contribution in [-0.2, 0) is 12.8 Å². The maximum Gasteiger partial charge on any atom is 0.127 e. The van der Waals surface area contributed by atoms with Crippen LogP contribution in [0.3, 0.4) is 0 Å². The van der Waals surface area contributed by atoms with Gasteiger partial charge < -0.3 is 4.74 Å². The SMILES string of the molecule is Fc1ccccc1Cc1ccc(Oc2ccc(Cc3ccccc3F)cc2)cc1. The maximum absolute atomic E-state index is 13.8. The quantitative estimate of drug-likeness (QED) is 0.349. The summed E-state index contributed by atoms with van der Waals surface area (Å²) >= 11 is 0. The molecule has 3 heteroatoms. The van der Waals surface area contributed by atoms with Crippen LogP contribution in [0, 0.1) is 11.6 Å². The van der Waals surface area contributed by atoms with Gasteiger partial charge in [0.2, 0.25) is 0 Å². The molecule has 0 fully saturated rings. The molecule has 4 aromatic rings. The third-order valence-corrected chi connectivity index (χ3v) is 4.79. The van der Waals surface area contributed by atoms with Gasteiger partial charge in [0.1, 0.15) is 23.1 Å². The van der Waals surface area contributed by atoms with Crippen LogP contribution < -0.4 is 4.74 Å². The molecule has 0 heterocycles. The van der Waals surface area contributed by atoms with E-state index in [1.807, 2.05) is 60.7 Å². The predicted octanol–water partition coefficient (Wildman–Crippen LogP) is 6.94. The maximum atomic E-state index is 13.8. The van der Waals surface area contributed by atoms with Crippen LogP contribution in [0.1, 0.15) is 22.3 Å². The average molecular weight is 386 g/mol. The molecule has 0 N–H and O–H groups in total. The van der Waals surface area contributed by atoms with Crippen molar-refractivity contribution in [2.45, 2.75) is 12.8 Å². The molecule has 4 rings (SSSR count). The van der Waals surface area contributed by atoms with Crippen LogP contribution in [0.4, 0.5) is 8.78 Å². The lowest BCUT2D eigenvalue weighted by Gasteiger charge is -2.09. The lowest BCUT2D eigenvalue weighted by molar-refractivity contribution is 0.482. The summed E-state index contributed by atoms with van der Waals surface area (Å²) in [7, 11) is 0. The Balaban J connectivity index is 1.39. The molecule has 0 bridgehead atoms. The number of ether oxygens (including phenoxy) is 1. The molecule has 0 spiro atoms. The molecule has 0 radical (unpaired) electrons. The predicted molar refractivity (Wildman–Crippen MR) is 111 cm³/mol. The molecule has 29 heavy (non-hydrogen) atoms. The molecule has 144 valence electrons. The number of halogens is 2. The van der Waals surface area contributed by atoms with Crippen molar-refractivity contribution >= 4 is 0 Å². The summed E-state index contributed by atoms with van der Waals surface area (Å²) in [5.74, 6) is 1.04. The van der Waals surface area contributed by atoms with Gasteiger partial charge in [0.25, 0.3) is 0 Å². The summed E-state index contributed by atoms with van der Waals surface area (Å²) in [5.41, 5.74) is 3.38. The highest BCUT2D eigenvalue weighted by Gasteiger charge is 2.05. The molecule has 0 aliphatic carbocycles. The Morgan fingerprint density at radius 1 is 0.483 bits per heavy atom. The molecule has 0 amide bonds. The van der Waals surface area contributed by atoms with E-state index in [-0.39, 0.29) is 11.6 Å². The van der Waals surface area contributed by atoms with Gasteiger partial charge in [0.05, 0.1) is 0 Å². The van der Waals surface area contributed by atoms with Gasteiger partial charge in [-0.05, 0) is 58.7 Å². The lowest BCUT2D eigenvalue weighted by atomic mass is 10.0. The first-order valence-corrected chi connectivity index (χ1v) is 9.50. The zero-order valence-corrected chi connectivity index (χ0v) is 15.8. The normalized spacial score (nSPS) is 10.7.